The SMILES string of the molecule is Cc1cncc(N2CCCN(C(=O)c3cnc4ccccc4n3)CC2)n1. The summed E-state index contributed by atoms with van der Waals surface area (Å²) in [6.07, 6.45) is 5.97. The van der Waals surface area contributed by atoms with Crippen LogP contribution in [-0.2, 0) is 0 Å². The number of aromatic nitrogens is 4. The minimum Gasteiger partial charge on any atom is -0.353 e. The summed E-state index contributed by atoms with van der Waals surface area (Å²) in [6.45, 7) is 4.84. The van der Waals surface area contributed by atoms with Gasteiger partial charge in [0.05, 0.1) is 29.1 Å². The molecular formula is C19H20N6O. The van der Waals surface area contributed by atoms with Crippen LogP contribution in [-0.4, -0.2) is 56.9 Å². The lowest BCUT2D eigenvalue weighted by Crippen LogP contribution is -2.36. The van der Waals surface area contributed by atoms with Crippen molar-refractivity contribution >= 4 is 22.8 Å². The number of hydrogen-bond acceptors (Lipinski definition) is 6. The van der Waals surface area contributed by atoms with Crippen molar-refractivity contribution in [1.29, 1.82) is 0 Å². The molecule has 0 bridgehead atoms. The Morgan fingerprint density at radius 3 is 2.65 bits per heavy atom. The number of rotatable bonds is 2. The third-order valence-corrected chi connectivity index (χ3v) is 4.52. The molecule has 4 rings (SSSR count). The molecule has 0 aliphatic carbocycles. The maximum Gasteiger partial charge on any atom is 0.274 e. The van der Waals surface area contributed by atoms with Gasteiger partial charge >= 0.3 is 0 Å². The molecule has 3 heterocycles. The number of aryl methyl sites for hydroxylation is 1. The van der Waals surface area contributed by atoms with Gasteiger partial charge in [-0.1, -0.05) is 12.1 Å². The van der Waals surface area contributed by atoms with E-state index in [1.54, 1.807) is 18.6 Å². The second-order valence-electron chi connectivity index (χ2n) is 6.40. The highest BCUT2D eigenvalue weighted by Crippen LogP contribution is 2.15. The molecule has 0 atom stereocenters. The van der Waals surface area contributed by atoms with Crippen molar-refractivity contribution in [3.05, 3.63) is 54.2 Å². The van der Waals surface area contributed by atoms with Crippen LogP contribution in [0.15, 0.2) is 42.9 Å². The zero-order valence-corrected chi connectivity index (χ0v) is 14.7. The third kappa shape index (κ3) is 3.33. The Bertz CT molecular complexity index is 944. The largest absolute Gasteiger partial charge is 0.353 e. The molecule has 0 saturated carbocycles. The van der Waals surface area contributed by atoms with Gasteiger partial charge in [0, 0.05) is 32.4 Å². The quantitative estimate of drug-likeness (QED) is 0.706. The highest BCUT2D eigenvalue weighted by atomic mass is 16.2. The topological polar surface area (TPSA) is 75.1 Å². The Labute approximate surface area is 151 Å². The van der Waals surface area contributed by atoms with Crippen LogP contribution in [0.5, 0.6) is 0 Å². The minimum atomic E-state index is -0.0690. The molecule has 1 amide bonds. The van der Waals surface area contributed by atoms with Gasteiger partial charge in [-0.2, -0.15) is 0 Å². The van der Waals surface area contributed by atoms with E-state index in [-0.39, 0.29) is 5.91 Å². The number of anilines is 1. The summed E-state index contributed by atoms with van der Waals surface area (Å²) in [5.41, 5.74) is 2.83. The van der Waals surface area contributed by atoms with Crippen LogP contribution in [0.3, 0.4) is 0 Å². The van der Waals surface area contributed by atoms with Crippen LogP contribution >= 0.6 is 0 Å². The van der Waals surface area contributed by atoms with E-state index in [2.05, 4.69) is 24.8 Å². The molecule has 0 unspecified atom stereocenters. The first-order valence-electron chi connectivity index (χ1n) is 8.75. The molecule has 7 heteroatoms. The smallest absolute Gasteiger partial charge is 0.274 e. The summed E-state index contributed by atoms with van der Waals surface area (Å²) in [7, 11) is 0. The molecule has 1 aliphatic heterocycles. The van der Waals surface area contributed by atoms with Crippen LogP contribution in [0, 0.1) is 6.92 Å². The van der Waals surface area contributed by atoms with E-state index in [0.717, 1.165) is 42.1 Å². The summed E-state index contributed by atoms with van der Waals surface area (Å²) in [5, 5.41) is 0. The average molecular weight is 348 g/mol. The molecule has 132 valence electrons. The minimum absolute atomic E-state index is 0.0690. The maximum absolute atomic E-state index is 12.9. The van der Waals surface area contributed by atoms with E-state index in [0.29, 0.717) is 18.8 Å². The second kappa shape index (κ2) is 7.03. The first kappa shape index (κ1) is 16.4. The molecule has 26 heavy (non-hydrogen) atoms. The fraction of sp³-hybridized carbons (Fsp3) is 0.316. The van der Waals surface area contributed by atoms with E-state index in [1.807, 2.05) is 36.1 Å². The number of hydrogen-bond donors (Lipinski definition) is 0. The Morgan fingerprint density at radius 1 is 0.962 bits per heavy atom. The molecule has 1 saturated heterocycles. The van der Waals surface area contributed by atoms with Gasteiger partial charge < -0.3 is 9.80 Å². The van der Waals surface area contributed by atoms with Gasteiger partial charge in [-0.15, -0.1) is 0 Å². The van der Waals surface area contributed by atoms with Crippen molar-refractivity contribution in [1.82, 2.24) is 24.8 Å². The number of carbonyl (C=O) groups excluding carboxylic acids is 1. The molecule has 3 aromatic rings. The van der Waals surface area contributed by atoms with Gasteiger partial charge in [0.25, 0.3) is 5.91 Å². The molecule has 1 aliphatic rings. The number of amides is 1. The Balaban J connectivity index is 1.50. The molecule has 1 fully saturated rings. The molecule has 2 aromatic heterocycles. The van der Waals surface area contributed by atoms with Crippen molar-refractivity contribution in [2.75, 3.05) is 31.1 Å². The first-order valence-corrected chi connectivity index (χ1v) is 8.75. The van der Waals surface area contributed by atoms with E-state index in [4.69, 9.17) is 0 Å². The number of benzene rings is 1. The standard InChI is InChI=1S/C19H20N6O/c1-14-11-20-13-18(22-14)24-7-4-8-25(10-9-24)19(26)17-12-21-15-5-2-3-6-16(15)23-17/h2-3,5-6,11-13H,4,7-10H2,1H3. The Kier molecular flexibility index (Phi) is 4.43. The van der Waals surface area contributed by atoms with E-state index in [1.165, 1.54) is 0 Å². The van der Waals surface area contributed by atoms with Gasteiger partial charge in [0.15, 0.2) is 0 Å². The van der Waals surface area contributed by atoms with Crippen molar-refractivity contribution in [2.45, 2.75) is 13.3 Å². The van der Waals surface area contributed by atoms with Crippen molar-refractivity contribution < 1.29 is 4.79 Å². The zero-order chi connectivity index (χ0) is 17.9. The normalized spacial score (nSPS) is 15.1. The second-order valence-corrected chi connectivity index (χ2v) is 6.40. The lowest BCUT2D eigenvalue weighted by atomic mass is 10.2. The Hall–Kier alpha value is -3.09. The van der Waals surface area contributed by atoms with Crippen molar-refractivity contribution in [3.63, 3.8) is 0 Å². The summed E-state index contributed by atoms with van der Waals surface area (Å²) in [5.74, 6) is 0.797. The summed E-state index contributed by atoms with van der Waals surface area (Å²) >= 11 is 0. The van der Waals surface area contributed by atoms with Gasteiger partial charge in [-0.25, -0.2) is 9.97 Å². The molecule has 0 N–H and O–H groups in total. The molecular weight excluding hydrogens is 328 g/mol. The highest BCUT2D eigenvalue weighted by molar-refractivity contribution is 5.93. The van der Waals surface area contributed by atoms with Crippen LogP contribution in [0.25, 0.3) is 11.0 Å². The summed E-state index contributed by atoms with van der Waals surface area (Å²) < 4.78 is 0. The highest BCUT2D eigenvalue weighted by Gasteiger charge is 2.22. The summed E-state index contributed by atoms with van der Waals surface area (Å²) in [6, 6.07) is 7.58. The first-order chi connectivity index (χ1) is 12.7. The fourth-order valence-corrected chi connectivity index (χ4v) is 3.17. The average Bonchev–Trinajstić information content (AvgIpc) is 2.93. The third-order valence-electron chi connectivity index (χ3n) is 4.52. The molecule has 1 aromatic carbocycles. The van der Waals surface area contributed by atoms with Crippen LogP contribution in [0.2, 0.25) is 0 Å². The van der Waals surface area contributed by atoms with Crippen LogP contribution in [0.1, 0.15) is 22.6 Å². The van der Waals surface area contributed by atoms with Crippen molar-refractivity contribution in [3.8, 4) is 0 Å². The number of fused-ring (bicyclic) bond motifs is 1. The van der Waals surface area contributed by atoms with Crippen LogP contribution in [0.4, 0.5) is 5.82 Å². The van der Waals surface area contributed by atoms with E-state index < -0.39 is 0 Å². The van der Waals surface area contributed by atoms with Gasteiger partial charge in [-0.05, 0) is 25.5 Å². The van der Waals surface area contributed by atoms with Gasteiger partial charge in [0.1, 0.15) is 11.5 Å². The zero-order valence-electron chi connectivity index (χ0n) is 14.7. The van der Waals surface area contributed by atoms with Crippen molar-refractivity contribution in [2.24, 2.45) is 0 Å². The van der Waals surface area contributed by atoms with Gasteiger partial charge in [0.2, 0.25) is 0 Å². The lowest BCUT2D eigenvalue weighted by molar-refractivity contribution is 0.0761. The number of para-hydroxylation sites is 2. The lowest BCUT2D eigenvalue weighted by Gasteiger charge is -2.22. The van der Waals surface area contributed by atoms with E-state index >= 15 is 0 Å². The molecule has 0 radical (unpaired) electrons. The number of carbonyl (C=O) groups is 1. The monoisotopic (exact) mass is 348 g/mol. The van der Waals surface area contributed by atoms with E-state index in [9.17, 15) is 4.79 Å². The maximum atomic E-state index is 12.9. The number of nitrogens with zero attached hydrogens (tertiary/aromatic N) is 6. The summed E-state index contributed by atoms with van der Waals surface area (Å²) in [4.78, 5) is 34.5. The predicted octanol–water partition coefficient (Wildman–Crippen LogP) is 2.08. The predicted molar refractivity (Wildman–Crippen MR) is 99.0 cm³/mol. The molecule has 7 nitrogen and oxygen atoms in total. The fourth-order valence-electron chi connectivity index (χ4n) is 3.17. The van der Waals surface area contributed by atoms with Gasteiger partial charge in [-0.3, -0.25) is 14.8 Å². The molecule has 0 spiro atoms. The Morgan fingerprint density at radius 2 is 1.81 bits per heavy atom. The van der Waals surface area contributed by atoms with Crippen LogP contribution < -0.4 is 4.90 Å².